The third-order valence-electron chi connectivity index (χ3n) is 4.97. The van der Waals surface area contributed by atoms with Gasteiger partial charge in [0.05, 0.1) is 0 Å². The van der Waals surface area contributed by atoms with E-state index in [-0.39, 0.29) is 0 Å². The number of piperidine rings is 1. The number of thioether (sulfide) groups is 1. The lowest BCUT2D eigenvalue weighted by molar-refractivity contribution is 0.0883. The summed E-state index contributed by atoms with van der Waals surface area (Å²) in [5, 5.41) is 0. The first kappa shape index (κ1) is 14.7. The van der Waals surface area contributed by atoms with Crippen molar-refractivity contribution in [3.05, 3.63) is 0 Å². The van der Waals surface area contributed by atoms with Crippen LogP contribution in [0.15, 0.2) is 0 Å². The molecule has 0 amide bonds. The van der Waals surface area contributed by atoms with Crippen LogP contribution in [0.1, 0.15) is 39.5 Å². The summed E-state index contributed by atoms with van der Waals surface area (Å²) in [5.41, 5.74) is 6.08. The SMILES string of the molecule is CC(C)C1CCN(C(CN)C2CCCSC2)CC1. The van der Waals surface area contributed by atoms with E-state index in [1.165, 1.54) is 50.3 Å². The highest BCUT2D eigenvalue weighted by molar-refractivity contribution is 7.99. The molecule has 2 saturated heterocycles. The van der Waals surface area contributed by atoms with Crippen LogP contribution in [0.4, 0.5) is 0 Å². The fourth-order valence-electron chi connectivity index (χ4n) is 3.63. The minimum Gasteiger partial charge on any atom is -0.329 e. The lowest BCUT2D eigenvalue weighted by atomic mass is 9.85. The van der Waals surface area contributed by atoms with E-state index in [0.29, 0.717) is 6.04 Å². The maximum atomic E-state index is 6.08. The van der Waals surface area contributed by atoms with Gasteiger partial charge in [-0.2, -0.15) is 11.8 Å². The number of nitrogens with zero attached hydrogens (tertiary/aromatic N) is 1. The van der Waals surface area contributed by atoms with Crippen molar-refractivity contribution in [2.24, 2.45) is 23.5 Å². The molecule has 2 aliphatic heterocycles. The average molecular weight is 270 g/mol. The van der Waals surface area contributed by atoms with Crippen molar-refractivity contribution in [1.82, 2.24) is 4.90 Å². The molecule has 0 aliphatic carbocycles. The highest BCUT2D eigenvalue weighted by Gasteiger charge is 2.31. The van der Waals surface area contributed by atoms with Crippen LogP contribution in [0.2, 0.25) is 0 Å². The third-order valence-corrected chi connectivity index (χ3v) is 6.21. The zero-order valence-electron chi connectivity index (χ0n) is 12.1. The van der Waals surface area contributed by atoms with Crippen LogP contribution in [-0.2, 0) is 0 Å². The van der Waals surface area contributed by atoms with Gasteiger partial charge in [-0.1, -0.05) is 13.8 Å². The first-order valence-corrected chi connectivity index (χ1v) is 8.89. The Kier molecular flexibility index (Phi) is 5.84. The summed E-state index contributed by atoms with van der Waals surface area (Å²) in [6.07, 6.45) is 5.56. The van der Waals surface area contributed by atoms with E-state index in [4.69, 9.17) is 5.73 Å². The quantitative estimate of drug-likeness (QED) is 0.852. The van der Waals surface area contributed by atoms with E-state index in [0.717, 1.165) is 24.3 Å². The first-order chi connectivity index (χ1) is 8.72. The lowest BCUT2D eigenvalue weighted by Crippen LogP contribution is -2.50. The maximum Gasteiger partial charge on any atom is 0.0254 e. The molecule has 0 aromatic carbocycles. The van der Waals surface area contributed by atoms with Gasteiger partial charge >= 0.3 is 0 Å². The van der Waals surface area contributed by atoms with Crippen molar-refractivity contribution in [3.8, 4) is 0 Å². The minimum atomic E-state index is 0.658. The Bertz CT molecular complexity index is 231. The van der Waals surface area contributed by atoms with E-state index in [9.17, 15) is 0 Å². The second kappa shape index (κ2) is 7.16. The number of likely N-dealkylation sites (tertiary alicyclic amines) is 1. The molecule has 0 aromatic rings. The largest absolute Gasteiger partial charge is 0.329 e. The van der Waals surface area contributed by atoms with Gasteiger partial charge < -0.3 is 5.73 Å². The molecule has 0 aromatic heterocycles. The van der Waals surface area contributed by atoms with E-state index in [1.807, 2.05) is 0 Å². The molecule has 0 radical (unpaired) electrons. The molecule has 2 nitrogen and oxygen atoms in total. The van der Waals surface area contributed by atoms with Crippen molar-refractivity contribution in [3.63, 3.8) is 0 Å². The molecule has 2 rings (SSSR count). The number of rotatable bonds is 4. The molecule has 2 unspecified atom stereocenters. The standard InChI is InChI=1S/C15H30N2S/c1-12(2)13-5-7-17(8-6-13)15(10-16)14-4-3-9-18-11-14/h12-15H,3-11,16H2,1-2H3. The second-order valence-electron chi connectivity index (χ2n) is 6.40. The Hall–Kier alpha value is 0.270. The predicted molar refractivity (Wildman–Crippen MR) is 82.0 cm³/mol. The Morgan fingerprint density at radius 2 is 1.89 bits per heavy atom. The molecule has 0 spiro atoms. The fraction of sp³-hybridized carbons (Fsp3) is 1.00. The highest BCUT2D eigenvalue weighted by atomic mass is 32.2. The Morgan fingerprint density at radius 3 is 2.39 bits per heavy atom. The van der Waals surface area contributed by atoms with Crippen molar-refractivity contribution < 1.29 is 0 Å². The summed E-state index contributed by atoms with van der Waals surface area (Å²) >= 11 is 2.13. The normalized spacial score (nSPS) is 29.7. The van der Waals surface area contributed by atoms with Crippen molar-refractivity contribution in [1.29, 1.82) is 0 Å². The summed E-state index contributed by atoms with van der Waals surface area (Å²) in [7, 11) is 0. The highest BCUT2D eigenvalue weighted by Crippen LogP contribution is 2.31. The van der Waals surface area contributed by atoms with Gasteiger partial charge in [-0.15, -0.1) is 0 Å². The summed E-state index contributed by atoms with van der Waals surface area (Å²) in [4.78, 5) is 2.70. The van der Waals surface area contributed by atoms with Gasteiger partial charge in [0.25, 0.3) is 0 Å². The maximum absolute atomic E-state index is 6.08. The molecule has 2 aliphatic rings. The zero-order chi connectivity index (χ0) is 13.0. The van der Waals surface area contributed by atoms with Crippen LogP contribution in [0.3, 0.4) is 0 Å². The van der Waals surface area contributed by atoms with E-state index < -0.39 is 0 Å². The summed E-state index contributed by atoms with van der Waals surface area (Å²) in [6.45, 7) is 8.17. The van der Waals surface area contributed by atoms with Gasteiger partial charge in [0.15, 0.2) is 0 Å². The van der Waals surface area contributed by atoms with Crippen LogP contribution in [0, 0.1) is 17.8 Å². The van der Waals surface area contributed by atoms with Gasteiger partial charge in [0.1, 0.15) is 0 Å². The van der Waals surface area contributed by atoms with Gasteiger partial charge in [0.2, 0.25) is 0 Å². The van der Waals surface area contributed by atoms with Gasteiger partial charge in [0, 0.05) is 12.6 Å². The van der Waals surface area contributed by atoms with Crippen molar-refractivity contribution in [2.45, 2.75) is 45.6 Å². The Labute approximate surface area is 117 Å². The van der Waals surface area contributed by atoms with Gasteiger partial charge in [-0.25, -0.2) is 0 Å². The smallest absolute Gasteiger partial charge is 0.0254 e. The van der Waals surface area contributed by atoms with Gasteiger partial charge in [-0.3, -0.25) is 4.90 Å². The summed E-state index contributed by atoms with van der Waals surface area (Å²) in [5.74, 6) is 5.35. The zero-order valence-corrected chi connectivity index (χ0v) is 12.9. The Balaban J connectivity index is 1.85. The van der Waals surface area contributed by atoms with Crippen LogP contribution in [0.5, 0.6) is 0 Å². The molecular formula is C15H30N2S. The molecule has 2 atom stereocenters. The Morgan fingerprint density at radius 1 is 1.17 bits per heavy atom. The lowest BCUT2D eigenvalue weighted by Gasteiger charge is -2.42. The molecule has 0 bridgehead atoms. The molecule has 2 fully saturated rings. The topological polar surface area (TPSA) is 29.3 Å². The number of nitrogens with two attached hydrogens (primary N) is 1. The molecule has 0 saturated carbocycles. The van der Waals surface area contributed by atoms with E-state index >= 15 is 0 Å². The second-order valence-corrected chi connectivity index (χ2v) is 7.55. The first-order valence-electron chi connectivity index (χ1n) is 7.74. The molecule has 18 heavy (non-hydrogen) atoms. The van der Waals surface area contributed by atoms with E-state index in [1.54, 1.807) is 0 Å². The van der Waals surface area contributed by atoms with Crippen molar-refractivity contribution >= 4 is 11.8 Å². The molecule has 106 valence electrons. The van der Waals surface area contributed by atoms with Crippen LogP contribution in [0.25, 0.3) is 0 Å². The van der Waals surface area contributed by atoms with E-state index in [2.05, 4.69) is 30.5 Å². The van der Waals surface area contributed by atoms with Crippen molar-refractivity contribution in [2.75, 3.05) is 31.1 Å². The monoisotopic (exact) mass is 270 g/mol. The number of hydrogen-bond donors (Lipinski definition) is 1. The predicted octanol–water partition coefficient (Wildman–Crippen LogP) is 2.82. The summed E-state index contributed by atoms with van der Waals surface area (Å²) in [6, 6.07) is 0.658. The molecule has 2 N–H and O–H groups in total. The van der Waals surface area contributed by atoms with Crippen LogP contribution in [-0.4, -0.2) is 42.1 Å². The van der Waals surface area contributed by atoms with Crippen LogP contribution < -0.4 is 5.73 Å². The van der Waals surface area contributed by atoms with Crippen LogP contribution >= 0.6 is 11.8 Å². The molecule has 2 heterocycles. The third kappa shape index (κ3) is 3.64. The summed E-state index contributed by atoms with van der Waals surface area (Å²) < 4.78 is 0. The number of hydrogen-bond acceptors (Lipinski definition) is 3. The minimum absolute atomic E-state index is 0.658. The fourth-order valence-corrected chi connectivity index (χ4v) is 4.86. The average Bonchev–Trinajstić information content (AvgIpc) is 2.41. The molecular weight excluding hydrogens is 240 g/mol. The molecule has 3 heteroatoms. The van der Waals surface area contributed by atoms with Gasteiger partial charge in [-0.05, 0) is 68.0 Å².